The van der Waals surface area contributed by atoms with Gasteiger partial charge < -0.3 is 10.6 Å². The van der Waals surface area contributed by atoms with Crippen LogP contribution in [0.5, 0.6) is 0 Å². The summed E-state index contributed by atoms with van der Waals surface area (Å²) in [5.74, 6) is -0.0967. The van der Waals surface area contributed by atoms with Gasteiger partial charge in [-0.15, -0.1) is 0 Å². The molecule has 20 heavy (non-hydrogen) atoms. The quantitative estimate of drug-likeness (QED) is 0.878. The molecule has 6 nitrogen and oxygen atoms in total. The second-order valence-corrected chi connectivity index (χ2v) is 5.09. The molecule has 1 aromatic heterocycles. The molecule has 1 heterocycles. The lowest BCUT2D eigenvalue weighted by atomic mass is 10.2. The van der Waals surface area contributed by atoms with Crippen LogP contribution in [0.25, 0.3) is 5.69 Å². The molecule has 2 aromatic rings. The smallest absolute Gasteiger partial charge is 0.238 e. The number of halogens is 1. The van der Waals surface area contributed by atoms with E-state index < -0.39 is 0 Å². The van der Waals surface area contributed by atoms with Crippen molar-refractivity contribution in [3.8, 4) is 5.69 Å². The minimum absolute atomic E-state index is 0.0967. The Balaban J connectivity index is 1.78. The Morgan fingerprint density at radius 3 is 3.00 bits per heavy atom. The zero-order valence-corrected chi connectivity index (χ0v) is 11.5. The van der Waals surface area contributed by atoms with E-state index in [4.69, 9.17) is 11.6 Å². The fourth-order valence-electron chi connectivity index (χ4n) is 1.89. The fraction of sp³-hybridized carbons (Fsp3) is 0.308. The molecule has 1 aliphatic rings. The van der Waals surface area contributed by atoms with Crippen molar-refractivity contribution in [2.24, 2.45) is 0 Å². The lowest BCUT2D eigenvalue weighted by molar-refractivity contribution is -0.115. The number of nitrogens with one attached hydrogen (secondary N) is 2. The summed E-state index contributed by atoms with van der Waals surface area (Å²) in [7, 11) is 0. The van der Waals surface area contributed by atoms with E-state index in [-0.39, 0.29) is 5.91 Å². The summed E-state index contributed by atoms with van der Waals surface area (Å²) < 4.78 is 1.53. The van der Waals surface area contributed by atoms with Gasteiger partial charge in [0.2, 0.25) is 5.91 Å². The molecule has 0 atom stereocenters. The molecule has 0 bridgehead atoms. The molecule has 7 heteroatoms. The van der Waals surface area contributed by atoms with Crippen molar-refractivity contribution >= 4 is 23.2 Å². The molecule has 0 unspecified atom stereocenters. The Kier molecular flexibility index (Phi) is 3.66. The number of aromatic nitrogens is 3. The molecular weight excluding hydrogens is 278 g/mol. The first-order valence-corrected chi connectivity index (χ1v) is 6.78. The van der Waals surface area contributed by atoms with E-state index in [0.717, 1.165) is 12.8 Å². The van der Waals surface area contributed by atoms with Crippen LogP contribution in [0.2, 0.25) is 5.02 Å². The van der Waals surface area contributed by atoms with Crippen LogP contribution in [0.4, 0.5) is 5.69 Å². The molecule has 2 N–H and O–H groups in total. The number of amides is 1. The number of benzene rings is 1. The molecule has 104 valence electrons. The van der Waals surface area contributed by atoms with Gasteiger partial charge in [-0.1, -0.05) is 17.7 Å². The van der Waals surface area contributed by atoms with Gasteiger partial charge in [-0.3, -0.25) is 4.79 Å². The minimum Gasteiger partial charge on any atom is -0.323 e. The summed E-state index contributed by atoms with van der Waals surface area (Å²) in [5, 5.41) is 10.6. The summed E-state index contributed by atoms with van der Waals surface area (Å²) in [5.41, 5.74) is 1.23. The van der Waals surface area contributed by atoms with Gasteiger partial charge in [0.25, 0.3) is 0 Å². The maximum atomic E-state index is 11.9. The molecular formula is C13H14ClN5O. The summed E-state index contributed by atoms with van der Waals surface area (Å²) in [4.78, 5) is 15.8. The molecule has 1 amide bonds. The maximum absolute atomic E-state index is 11.9. The topological polar surface area (TPSA) is 71.8 Å². The van der Waals surface area contributed by atoms with Crippen molar-refractivity contribution in [2.45, 2.75) is 18.9 Å². The Labute approximate surface area is 121 Å². The summed E-state index contributed by atoms with van der Waals surface area (Å²) in [6.45, 7) is 0.300. The molecule has 1 fully saturated rings. The third kappa shape index (κ3) is 2.97. The number of anilines is 1. The molecule has 1 aliphatic carbocycles. The Hall–Kier alpha value is -1.92. The summed E-state index contributed by atoms with van der Waals surface area (Å²) >= 11 is 6.19. The highest BCUT2D eigenvalue weighted by molar-refractivity contribution is 6.33. The van der Waals surface area contributed by atoms with Crippen LogP contribution < -0.4 is 10.6 Å². The zero-order valence-electron chi connectivity index (χ0n) is 10.7. The zero-order chi connectivity index (χ0) is 13.9. The maximum Gasteiger partial charge on any atom is 0.238 e. The van der Waals surface area contributed by atoms with Crippen molar-refractivity contribution in [3.05, 3.63) is 35.9 Å². The highest BCUT2D eigenvalue weighted by Crippen LogP contribution is 2.27. The lowest BCUT2D eigenvalue weighted by Crippen LogP contribution is -2.29. The normalized spacial score (nSPS) is 14.2. The van der Waals surface area contributed by atoms with Gasteiger partial charge in [0.15, 0.2) is 0 Å². The lowest BCUT2D eigenvalue weighted by Gasteiger charge is -2.12. The van der Waals surface area contributed by atoms with Gasteiger partial charge in [0, 0.05) is 6.04 Å². The number of para-hydroxylation sites is 1. The Morgan fingerprint density at radius 1 is 1.45 bits per heavy atom. The summed E-state index contributed by atoms with van der Waals surface area (Å²) in [6, 6.07) is 5.82. The second-order valence-electron chi connectivity index (χ2n) is 4.68. The van der Waals surface area contributed by atoms with Gasteiger partial charge in [0.1, 0.15) is 18.3 Å². The number of hydrogen-bond donors (Lipinski definition) is 2. The highest BCUT2D eigenvalue weighted by atomic mass is 35.5. The highest BCUT2D eigenvalue weighted by Gasteiger charge is 2.21. The van der Waals surface area contributed by atoms with E-state index >= 15 is 0 Å². The van der Waals surface area contributed by atoms with Crippen LogP contribution >= 0.6 is 11.6 Å². The van der Waals surface area contributed by atoms with E-state index in [1.807, 2.05) is 0 Å². The van der Waals surface area contributed by atoms with Gasteiger partial charge in [-0.2, -0.15) is 5.10 Å². The van der Waals surface area contributed by atoms with Gasteiger partial charge in [-0.25, -0.2) is 9.67 Å². The van der Waals surface area contributed by atoms with Crippen molar-refractivity contribution in [2.75, 3.05) is 11.9 Å². The number of carbonyl (C=O) groups is 1. The summed E-state index contributed by atoms with van der Waals surface area (Å²) in [6.07, 6.45) is 5.26. The average molecular weight is 292 g/mol. The minimum atomic E-state index is -0.0967. The average Bonchev–Trinajstić information content (AvgIpc) is 3.11. The third-order valence-electron chi connectivity index (χ3n) is 3.04. The molecule has 0 spiro atoms. The van der Waals surface area contributed by atoms with E-state index in [1.54, 1.807) is 24.5 Å². The molecule has 1 aromatic carbocycles. The fourth-order valence-corrected chi connectivity index (χ4v) is 2.15. The standard InChI is InChI=1S/C13H14ClN5O/c14-10-2-1-3-11(13(10)19-8-15-7-17-19)18-12(20)6-16-9-4-5-9/h1-3,7-9,16H,4-6H2,(H,18,20). The van der Waals surface area contributed by atoms with Crippen LogP contribution in [0.3, 0.4) is 0 Å². The van der Waals surface area contributed by atoms with Crippen LogP contribution in [-0.4, -0.2) is 33.3 Å². The molecule has 0 aliphatic heterocycles. The van der Waals surface area contributed by atoms with Crippen molar-refractivity contribution in [3.63, 3.8) is 0 Å². The van der Waals surface area contributed by atoms with E-state index in [1.165, 1.54) is 11.0 Å². The van der Waals surface area contributed by atoms with Crippen LogP contribution in [0, 0.1) is 0 Å². The van der Waals surface area contributed by atoms with Crippen molar-refractivity contribution in [1.82, 2.24) is 20.1 Å². The molecule has 1 saturated carbocycles. The first-order valence-electron chi connectivity index (χ1n) is 6.41. The van der Waals surface area contributed by atoms with Crippen LogP contribution in [0.15, 0.2) is 30.9 Å². The van der Waals surface area contributed by atoms with Gasteiger partial charge in [-0.05, 0) is 25.0 Å². The number of rotatable bonds is 5. The first kappa shape index (κ1) is 13.1. The van der Waals surface area contributed by atoms with Crippen LogP contribution in [-0.2, 0) is 4.79 Å². The largest absolute Gasteiger partial charge is 0.323 e. The predicted molar refractivity (Wildman–Crippen MR) is 76.0 cm³/mol. The Morgan fingerprint density at radius 2 is 2.30 bits per heavy atom. The van der Waals surface area contributed by atoms with Crippen LogP contribution in [0.1, 0.15) is 12.8 Å². The van der Waals surface area contributed by atoms with Gasteiger partial charge >= 0.3 is 0 Å². The Bertz CT molecular complexity index is 609. The van der Waals surface area contributed by atoms with E-state index in [2.05, 4.69) is 20.7 Å². The first-order chi connectivity index (χ1) is 9.74. The number of nitrogens with zero attached hydrogens (tertiary/aromatic N) is 3. The third-order valence-corrected chi connectivity index (χ3v) is 3.34. The SMILES string of the molecule is O=C(CNC1CC1)Nc1cccc(Cl)c1-n1cncn1. The number of hydrogen-bond acceptors (Lipinski definition) is 4. The second kappa shape index (κ2) is 5.60. The van der Waals surface area contributed by atoms with E-state index in [9.17, 15) is 4.79 Å². The van der Waals surface area contributed by atoms with Crippen molar-refractivity contribution < 1.29 is 4.79 Å². The van der Waals surface area contributed by atoms with E-state index in [0.29, 0.717) is 29.0 Å². The van der Waals surface area contributed by atoms with Gasteiger partial charge in [0.05, 0.1) is 17.3 Å². The monoisotopic (exact) mass is 291 g/mol. The predicted octanol–water partition coefficient (Wildman–Crippen LogP) is 1.61. The molecule has 3 rings (SSSR count). The van der Waals surface area contributed by atoms with Crippen molar-refractivity contribution in [1.29, 1.82) is 0 Å². The molecule has 0 radical (unpaired) electrons. The number of carbonyl (C=O) groups excluding carboxylic acids is 1. The molecule has 0 saturated heterocycles.